The van der Waals surface area contributed by atoms with Gasteiger partial charge in [0.2, 0.25) is 0 Å². The Hall–Kier alpha value is -3.36. The number of benzene rings is 2. The average molecular weight is 485 g/mol. The molecule has 1 aliphatic rings. The number of anilines is 1. The molecule has 8 nitrogen and oxygen atoms in total. The summed E-state index contributed by atoms with van der Waals surface area (Å²) in [6, 6.07) is 12.7. The highest BCUT2D eigenvalue weighted by atomic mass is 35.5. The zero-order valence-electron chi connectivity index (χ0n) is 19.1. The highest BCUT2D eigenvalue weighted by molar-refractivity contribution is 6.33. The van der Waals surface area contributed by atoms with Crippen molar-refractivity contribution in [1.82, 2.24) is 14.9 Å². The first kappa shape index (κ1) is 25.3. The highest BCUT2D eigenvalue weighted by Crippen LogP contribution is 2.31. The Kier molecular flexibility index (Phi) is 9.07. The Bertz CT molecular complexity index is 1110. The first-order chi connectivity index (χ1) is 16.3. The summed E-state index contributed by atoms with van der Waals surface area (Å²) < 4.78 is 2.03. The first-order valence-electron chi connectivity index (χ1n) is 11.1. The Morgan fingerprint density at radius 1 is 1.06 bits per heavy atom. The fraction of sp³-hybridized carbons (Fsp3) is 0.320. The minimum Gasteiger partial charge on any atom is -0.481 e. The second kappa shape index (κ2) is 12.2. The molecule has 1 aromatic heterocycles. The smallest absolute Gasteiger partial charge is 0.303 e. The van der Waals surface area contributed by atoms with Crippen molar-refractivity contribution in [3.63, 3.8) is 0 Å². The number of nitrogens with one attached hydrogen (secondary N) is 2. The van der Waals surface area contributed by atoms with Crippen LogP contribution in [0.1, 0.15) is 29.5 Å². The number of aromatic nitrogens is 2. The molecule has 0 atom stereocenters. The molecule has 4 rings (SSSR count). The molecule has 0 amide bonds. The van der Waals surface area contributed by atoms with Gasteiger partial charge in [-0.25, -0.2) is 4.98 Å². The number of fused-ring (bicyclic) bond motifs is 1. The first-order valence-corrected chi connectivity index (χ1v) is 11.5. The molecule has 2 heterocycles. The summed E-state index contributed by atoms with van der Waals surface area (Å²) in [5.74, 6) is -1.17. The molecule has 0 saturated heterocycles. The zero-order chi connectivity index (χ0) is 24.5. The van der Waals surface area contributed by atoms with Gasteiger partial charge in [0.25, 0.3) is 0 Å². The van der Waals surface area contributed by atoms with Crippen molar-refractivity contribution >= 4 is 29.2 Å². The third-order valence-electron chi connectivity index (χ3n) is 5.54. The summed E-state index contributed by atoms with van der Waals surface area (Å²) >= 11 is 6.50. The minimum absolute atomic E-state index is 0.296. The lowest BCUT2D eigenvalue weighted by molar-refractivity contribution is -0.143. The largest absolute Gasteiger partial charge is 0.481 e. The van der Waals surface area contributed by atoms with Crippen LogP contribution in [0.5, 0.6) is 0 Å². The molecule has 0 bridgehead atoms. The maximum Gasteiger partial charge on any atom is 0.303 e. The molecule has 3 aromatic rings. The summed E-state index contributed by atoms with van der Waals surface area (Å²) in [7, 11) is 2.01. The van der Waals surface area contributed by atoms with Gasteiger partial charge in [-0.2, -0.15) is 0 Å². The van der Waals surface area contributed by atoms with Gasteiger partial charge in [0.05, 0.1) is 23.6 Å². The molecule has 0 spiro atoms. The highest BCUT2D eigenvalue weighted by Gasteiger charge is 2.14. The van der Waals surface area contributed by atoms with Crippen molar-refractivity contribution in [3.05, 3.63) is 70.5 Å². The van der Waals surface area contributed by atoms with Crippen LogP contribution in [0.2, 0.25) is 5.02 Å². The van der Waals surface area contributed by atoms with E-state index < -0.39 is 11.9 Å². The Morgan fingerprint density at radius 2 is 1.74 bits per heavy atom. The van der Waals surface area contributed by atoms with Crippen molar-refractivity contribution in [3.8, 4) is 11.4 Å². The fourth-order valence-corrected chi connectivity index (χ4v) is 4.00. The molecule has 0 radical (unpaired) electrons. The number of carboxylic acid groups (broad SMARTS) is 2. The van der Waals surface area contributed by atoms with Gasteiger partial charge in [-0.1, -0.05) is 41.9 Å². The van der Waals surface area contributed by atoms with E-state index in [1.54, 1.807) is 0 Å². The van der Waals surface area contributed by atoms with Gasteiger partial charge in [0.1, 0.15) is 5.82 Å². The Morgan fingerprint density at radius 3 is 2.35 bits per heavy atom. The minimum atomic E-state index is -1.08. The van der Waals surface area contributed by atoms with Gasteiger partial charge in [-0.05, 0) is 48.7 Å². The predicted molar refractivity (Wildman–Crippen MR) is 132 cm³/mol. The number of carbonyl (C=O) groups is 2. The number of aryl methyl sites for hydroxylation is 1. The van der Waals surface area contributed by atoms with Gasteiger partial charge in [0.15, 0.2) is 0 Å². The van der Waals surface area contributed by atoms with Crippen molar-refractivity contribution in [2.75, 3.05) is 18.4 Å². The molecule has 0 fully saturated rings. The summed E-state index contributed by atoms with van der Waals surface area (Å²) in [5, 5.41) is 23.6. The van der Waals surface area contributed by atoms with Crippen LogP contribution in [0.25, 0.3) is 11.4 Å². The van der Waals surface area contributed by atoms with E-state index in [0.717, 1.165) is 54.6 Å². The van der Waals surface area contributed by atoms with Gasteiger partial charge in [-0.3, -0.25) is 9.59 Å². The number of nitrogens with zero attached hydrogens (tertiary/aromatic N) is 2. The summed E-state index contributed by atoms with van der Waals surface area (Å²) in [6.45, 7) is 2.79. The molecule has 2 aromatic carbocycles. The number of rotatable bonds is 7. The van der Waals surface area contributed by atoms with Crippen LogP contribution in [0, 0.1) is 0 Å². The number of halogens is 1. The lowest BCUT2D eigenvalue weighted by Crippen LogP contribution is -2.16. The van der Waals surface area contributed by atoms with Crippen LogP contribution in [0.4, 0.5) is 5.69 Å². The zero-order valence-corrected chi connectivity index (χ0v) is 19.8. The fourth-order valence-electron chi connectivity index (χ4n) is 3.75. The molecule has 0 aliphatic carbocycles. The van der Waals surface area contributed by atoms with Crippen LogP contribution < -0.4 is 10.6 Å². The van der Waals surface area contributed by atoms with Gasteiger partial charge >= 0.3 is 11.9 Å². The standard InChI is InChI=1S/C21H23ClN4.C4H6O4/c1-26-13-12-24-21(26)17-4-2-15(3-5-17)14-25-20-18-9-11-23-10-8-16(18)6-7-19(20)22;5-3(6)1-2-4(7)8/h2-7,12-13,23,25H,8-11,14H2,1H3;1-2H2,(H,5,6)(H,7,8). The van der Waals surface area contributed by atoms with Crippen molar-refractivity contribution in [2.45, 2.75) is 32.2 Å². The van der Waals surface area contributed by atoms with E-state index in [9.17, 15) is 9.59 Å². The third-order valence-corrected chi connectivity index (χ3v) is 5.85. The van der Waals surface area contributed by atoms with Crippen molar-refractivity contribution in [2.24, 2.45) is 7.05 Å². The molecular formula is C25H29ClN4O4. The van der Waals surface area contributed by atoms with E-state index in [0.29, 0.717) is 0 Å². The van der Waals surface area contributed by atoms with Crippen LogP contribution in [0.3, 0.4) is 0 Å². The monoisotopic (exact) mass is 484 g/mol. The summed E-state index contributed by atoms with van der Waals surface area (Å²) in [4.78, 5) is 23.7. The van der Waals surface area contributed by atoms with Crippen LogP contribution in [-0.2, 0) is 36.0 Å². The summed E-state index contributed by atoms with van der Waals surface area (Å²) in [5.41, 5.74) is 6.18. The quantitative estimate of drug-likeness (QED) is 0.401. The molecule has 34 heavy (non-hydrogen) atoms. The van der Waals surface area contributed by atoms with Crippen LogP contribution in [0.15, 0.2) is 48.8 Å². The lowest BCUT2D eigenvalue weighted by atomic mass is 10.0. The molecule has 0 saturated carbocycles. The predicted octanol–water partition coefficient (Wildman–Crippen LogP) is 3.98. The van der Waals surface area contributed by atoms with E-state index in [2.05, 4.69) is 45.9 Å². The van der Waals surface area contributed by atoms with Gasteiger partial charge in [-0.15, -0.1) is 0 Å². The molecule has 0 unspecified atom stereocenters. The van der Waals surface area contributed by atoms with Gasteiger partial charge < -0.3 is 25.4 Å². The third kappa shape index (κ3) is 7.07. The number of hydrogen-bond acceptors (Lipinski definition) is 5. The maximum absolute atomic E-state index is 9.64. The van der Waals surface area contributed by atoms with Crippen molar-refractivity contribution in [1.29, 1.82) is 0 Å². The number of aliphatic carboxylic acids is 2. The Labute approximate surface area is 203 Å². The average Bonchev–Trinajstić information content (AvgIpc) is 3.10. The van der Waals surface area contributed by atoms with Gasteiger partial charge in [0, 0.05) is 31.5 Å². The second-order valence-corrected chi connectivity index (χ2v) is 8.42. The normalized spacial score (nSPS) is 12.6. The van der Waals surface area contributed by atoms with Crippen LogP contribution >= 0.6 is 11.6 Å². The maximum atomic E-state index is 9.64. The molecular weight excluding hydrogens is 456 g/mol. The summed E-state index contributed by atoms with van der Waals surface area (Å²) in [6.07, 6.45) is 5.26. The second-order valence-electron chi connectivity index (χ2n) is 8.01. The van der Waals surface area contributed by atoms with E-state index in [4.69, 9.17) is 21.8 Å². The van der Waals surface area contributed by atoms with Crippen molar-refractivity contribution < 1.29 is 19.8 Å². The number of hydrogen-bond donors (Lipinski definition) is 4. The molecule has 180 valence electrons. The molecule has 1 aliphatic heterocycles. The molecule has 4 N–H and O–H groups in total. The van der Waals surface area contributed by atoms with E-state index in [1.807, 2.05) is 30.1 Å². The topological polar surface area (TPSA) is 116 Å². The van der Waals surface area contributed by atoms with E-state index in [1.165, 1.54) is 16.7 Å². The Balaban J connectivity index is 0.000000350. The SMILES string of the molecule is Cn1ccnc1-c1ccc(CNc2c(Cl)ccc3c2CCNCC3)cc1.O=C(O)CCC(=O)O. The van der Waals surface area contributed by atoms with E-state index >= 15 is 0 Å². The number of imidazole rings is 1. The van der Waals surface area contributed by atoms with E-state index in [-0.39, 0.29) is 12.8 Å². The number of carboxylic acids is 2. The molecule has 9 heteroatoms. The lowest BCUT2D eigenvalue weighted by Gasteiger charge is -2.16. The van der Waals surface area contributed by atoms with Crippen LogP contribution in [-0.4, -0.2) is 44.8 Å².